The van der Waals surface area contributed by atoms with Gasteiger partial charge in [0.15, 0.2) is 0 Å². The molecule has 0 atom stereocenters. The molecule has 0 amide bonds. The maximum atomic E-state index is 13.7. The van der Waals surface area contributed by atoms with Crippen molar-refractivity contribution in [2.75, 3.05) is 38.5 Å². The molecule has 1 aromatic carbocycles. The van der Waals surface area contributed by atoms with Crippen LogP contribution in [0.15, 0.2) is 23.1 Å². The van der Waals surface area contributed by atoms with Gasteiger partial charge in [0.25, 0.3) is 0 Å². The van der Waals surface area contributed by atoms with Crippen LogP contribution in [0.5, 0.6) is 0 Å². The Morgan fingerprint density at radius 1 is 1.00 bits per heavy atom. The largest absolute Gasteiger partial charge is 0.314 e. The van der Waals surface area contributed by atoms with Crippen LogP contribution in [-0.4, -0.2) is 70.0 Å². The molecular formula is C21H35N3O4S2. The molecule has 1 heterocycles. The lowest BCUT2D eigenvalue weighted by atomic mass is 10.1. The summed E-state index contributed by atoms with van der Waals surface area (Å²) in [5, 5.41) is 3.16. The summed E-state index contributed by atoms with van der Waals surface area (Å²) in [6.45, 7) is 5.83. The first-order valence-corrected chi connectivity index (χ1v) is 14.0. The summed E-state index contributed by atoms with van der Waals surface area (Å²) in [4.78, 5) is 0.298. The van der Waals surface area contributed by atoms with E-state index in [1.807, 2.05) is 19.1 Å². The van der Waals surface area contributed by atoms with E-state index in [2.05, 4.69) is 5.32 Å². The number of aryl methyl sites for hydroxylation is 2. The number of sulfonamides is 2. The quantitative estimate of drug-likeness (QED) is 0.635. The molecule has 0 radical (unpaired) electrons. The number of nitrogens with one attached hydrogen (secondary N) is 1. The highest BCUT2D eigenvalue weighted by atomic mass is 32.2. The minimum atomic E-state index is -3.79. The van der Waals surface area contributed by atoms with Gasteiger partial charge in [0.1, 0.15) is 0 Å². The van der Waals surface area contributed by atoms with Gasteiger partial charge in [0.05, 0.1) is 10.6 Å². The lowest BCUT2D eigenvalue weighted by molar-refractivity contribution is 0.300. The lowest BCUT2D eigenvalue weighted by Gasteiger charge is -2.32. The van der Waals surface area contributed by atoms with Crippen LogP contribution in [-0.2, 0) is 20.0 Å². The number of rotatable bonds is 7. The molecule has 2 aliphatic rings. The molecule has 1 aliphatic heterocycles. The standard InChI is InChI=1S/C21H35N3O4S2/c1-18-9-10-19(2)21(17-18)30(27,28)24(20-7-5-3-4-6-8-20)15-16-29(25,26)23-13-11-22-12-14-23/h9-10,17,20,22H,3-8,11-16H2,1-2H3. The van der Waals surface area contributed by atoms with Crippen molar-refractivity contribution in [1.29, 1.82) is 0 Å². The third-order valence-corrected chi connectivity index (χ3v) is 10.1. The molecule has 0 bridgehead atoms. The highest BCUT2D eigenvalue weighted by molar-refractivity contribution is 7.90. The first-order valence-electron chi connectivity index (χ1n) is 11.0. The Balaban J connectivity index is 1.89. The minimum absolute atomic E-state index is 0.00659. The van der Waals surface area contributed by atoms with E-state index in [4.69, 9.17) is 0 Å². The molecule has 0 aromatic heterocycles. The van der Waals surface area contributed by atoms with Gasteiger partial charge in [-0.2, -0.15) is 8.61 Å². The van der Waals surface area contributed by atoms with Crippen LogP contribution in [0.2, 0.25) is 0 Å². The van der Waals surface area contributed by atoms with Gasteiger partial charge in [-0.3, -0.25) is 0 Å². The van der Waals surface area contributed by atoms with Crippen LogP contribution in [0.1, 0.15) is 49.7 Å². The molecule has 1 aromatic rings. The maximum absolute atomic E-state index is 13.7. The third kappa shape index (κ3) is 5.62. The van der Waals surface area contributed by atoms with E-state index >= 15 is 0 Å². The molecule has 3 rings (SSSR count). The van der Waals surface area contributed by atoms with E-state index in [9.17, 15) is 16.8 Å². The van der Waals surface area contributed by atoms with Gasteiger partial charge in [0, 0.05) is 38.8 Å². The molecule has 1 N–H and O–H groups in total. The number of hydrogen-bond donors (Lipinski definition) is 1. The van der Waals surface area contributed by atoms with Gasteiger partial charge in [0.2, 0.25) is 20.0 Å². The van der Waals surface area contributed by atoms with Crippen molar-refractivity contribution in [3.63, 3.8) is 0 Å². The normalized spacial score (nSPS) is 20.4. The van der Waals surface area contributed by atoms with Crippen molar-refractivity contribution in [3.05, 3.63) is 29.3 Å². The van der Waals surface area contributed by atoms with Gasteiger partial charge in [-0.25, -0.2) is 16.8 Å². The molecule has 9 heteroatoms. The smallest absolute Gasteiger partial charge is 0.243 e. The SMILES string of the molecule is Cc1ccc(C)c(S(=O)(=O)N(CCS(=O)(=O)N2CCNCC2)C2CCCCCC2)c1. The number of nitrogens with zero attached hydrogens (tertiary/aromatic N) is 2. The van der Waals surface area contributed by atoms with E-state index in [-0.39, 0.29) is 18.3 Å². The van der Waals surface area contributed by atoms with Crippen LogP contribution in [0.25, 0.3) is 0 Å². The molecule has 1 aliphatic carbocycles. The second-order valence-corrected chi connectivity index (χ2v) is 12.4. The average molecular weight is 458 g/mol. The Morgan fingerprint density at radius 2 is 1.63 bits per heavy atom. The van der Waals surface area contributed by atoms with Crippen molar-refractivity contribution < 1.29 is 16.8 Å². The van der Waals surface area contributed by atoms with E-state index in [1.54, 1.807) is 13.0 Å². The molecule has 0 spiro atoms. The number of hydrogen-bond acceptors (Lipinski definition) is 5. The molecule has 1 saturated carbocycles. The highest BCUT2D eigenvalue weighted by Crippen LogP contribution is 2.29. The van der Waals surface area contributed by atoms with E-state index in [0.717, 1.165) is 44.1 Å². The summed E-state index contributed by atoms with van der Waals surface area (Å²) in [5.41, 5.74) is 1.58. The van der Waals surface area contributed by atoms with Crippen molar-refractivity contribution >= 4 is 20.0 Å². The first-order chi connectivity index (χ1) is 14.2. The van der Waals surface area contributed by atoms with Crippen LogP contribution in [0.3, 0.4) is 0 Å². The van der Waals surface area contributed by atoms with Gasteiger partial charge < -0.3 is 5.32 Å². The summed E-state index contributed by atoms with van der Waals surface area (Å²) in [7, 11) is -7.28. The van der Waals surface area contributed by atoms with E-state index < -0.39 is 20.0 Å². The predicted octanol–water partition coefficient (Wildman–Crippen LogP) is 2.25. The van der Waals surface area contributed by atoms with Gasteiger partial charge in [-0.05, 0) is 43.9 Å². The minimum Gasteiger partial charge on any atom is -0.314 e. The topological polar surface area (TPSA) is 86.8 Å². The van der Waals surface area contributed by atoms with E-state index in [0.29, 0.717) is 36.6 Å². The first kappa shape index (κ1) is 23.7. The second kappa shape index (κ2) is 10.1. The maximum Gasteiger partial charge on any atom is 0.243 e. The number of piperazine rings is 1. The van der Waals surface area contributed by atoms with Crippen molar-refractivity contribution in [2.24, 2.45) is 0 Å². The van der Waals surface area contributed by atoms with Crippen LogP contribution >= 0.6 is 0 Å². The summed E-state index contributed by atoms with van der Waals surface area (Å²) in [6.07, 6.45) is 5.75. The third-order valence-electron chi connectivity index (χ3n) is 6.20. The van der Waals surface area contributed by atoms with Crippen LogP contribution in [0, 0.1) is 13.8 Å². The average Bonchev–Trinajstić information content (AvgIpc) is 2.99. The fourth-order valence-corrected chi connectivity index (χ4v) is 7.95. The Hall–Kier alpha value is -1.00. The van der Waals surface area contributed by atoms with Crippen molar-refractivity contribution in [3.8, 4) is 0 Å². The fourth-order valence-electron chi connectivity index (χ4n) is 4.41. The van der Waals surface area contributed by atoms with Crippen LogP contribution in [0.4, 0.5) is 0 Å². The zero-order valence-electron chi connectivity index (χ0n) is 18.1. The molecular weight excluding hydrogens is 422 g/mol. The van der Waals surface area contributed by atoms with Crippen molar-refractivity contribution in [2.45, 2.75) is 63.3 Å². The zero-order valence-corrected chi connectivity index (χ0v) is 19.8. The Bertz CT molecular complexity index is 918. The summed E-state index contributed by atoms with van der Waals surface area (Å²) in [5.74, 6) is -0.173. The molecule has 7 nitrogen and oxygen atoms in total. The molecule has 170 valence electrons. The predicted molar refractivity (Wildman–Crippen MR) is 120 cm³/mol. The van der Waals surface area contributed by atoms with Crippen molar-refractivity contribution in [1.82, 2.24) is 13.9 Å². The van der Waals surface area contributed by atoms with Gasteiger partial charge in [-0.15, -0.1) is 0 Å². The fraction of sp³-hybridized carbons (Fsp3) is 0.714. The van der Waals surface area contributed by atoms with Gasteiger partial charge in [-0.1, -0.05) is 37.8 Å². The molecule has 1 saturated heterocycles. The summed E-state index contributed by atoms with van der Waals surface area (Å²) >= 11 is 0. The van der Waals surface area contributed by atoms with E-state index in [1.165, 1.54) is 8.61 Å². The number of benzene rings is 1. The zero-order chi connectivity index (χ0) is 21.8. The monoisotopic (exact) mass is 457 g/mol. The lowest BCUT2D eigenvalue weighted by Crippen LogP contribution is -2.49. The molecule has 30 heavy (non-hydrogen) atoms. The Morgan fingerprint density at radius 3 is 2.27 bits per heavy atom. The second-order valence-electron chi connectivity index (χ2n) is 8.50. The Labute approximate surface area is 181 Å². The van der Waals surface area contributed by atoms with Gasteiger partial charge >= 0.3 is 0 Å². The Kier molecular flexibility index (Phi) is 7.95. The summed E-state index contributed by atoms with van der Waals surface area (Å²) < 4.78 is 56.2. The molecule has 2 fully saturated rings. The highest BCUT2D eigenvalue weighted by Gasteiger charge is 2.35. The summed E-state index contributed by atoms with van der Waals surface area (Å²) in [6, 6.07) is 5.29. The van der Waals surface area contributed by atoms with Crippen LogP contribution < -0.4 is 5.32 Å². The molecule has 0 unspecified atom stereocenters.